The van der Waals surface area contributed by atoms with Gasteiger partial charge in [0.15, 0.2) is 0 Å². The lowest BCUT2D eigenvalue weighted by Gasteiger charge is -2.28. The van der Waals surface area contributed by atoms with Crippen LogP contribution in [0.3, 0.4) is 0 Å². The number of urea groups is 1. The first-order chi connectivity index (χ1) is 8.00. The van der Waals surface area contributed by atoms with E-state index in [0.717, 1.165) is 0 Å². The number of amides is 2. The van der Waals surface area contributed by atoms with Crippen LogP contribution >= 0.6 is 0 Å². The van der Waals surface area contributed by atoms with Gasteiger partial charge in [0, 0.05) is 13.1 Å². The molecule has 2 N–H and O–H groups in total. The van der Waals surface area contributed by atoms with Crippen LogP contribution in [0.25, 0.3) is 0 Å². The molecular weight excluding hydrogens is 224 g/mol. The zero-order chi connectivity index (χ0) is 12.8. The van der Waals surface area contributed by atoms with Gasteiger partial charge >= 0.3 is 12.0 Å². The van der Waals surface area contributed by atoms with Gasteiger partial charge in [0.2, 0.25) is 0 Å². The minimum absolute atomic E-state index is 0.223. The lowest BCUT2D eigenvalue weighted by atomic mass is 10.0. The number of carbonyl (C=O) groups is 2. The largest absolute Gasteiger partial charge is 0.480 e. The molecule has 0 aliphatic carbocycles. The zero-order valence-electron chi connectivity index (χ0n) is 10.3. The number of nitrogens with one attached hydrogen (secondary N) is 1. The molecule has 0 unspecified atom stereocenters. The van der Waals surface area contributed by atoms with Crippen molar-refractivity contribution >= 4 is 12.0 Å². The third-order valence-corrected chi connectivity index (χ3v) is 2.60. The van der Waals surface area contributed by atoms with Crippen molar-refractivity contribution in [3.63, 3.8) is 0 Å². The third-order valence-electron chi connectivity index (χ3n) is 2.60. The fraction of sp³-hybridized carbons (Fsp3) is 0.818. The number of morpholine rings is 1. The molecule has 1 rings (SSSR count). The molecule has 0 bridgehead atoms. The van der Waals surface area contributed by atoms with Crippen molar-refractivity contribution in [2.45, 2.75) is 26.3 Å². The summed E-state index contributed by atoms with van der Waals surface area (Å²) < 4.78 is 5.13. The number of hydrogen-bond donors (Lipinski definition) is 2. The molecule has 6 nitrogen and oxygen atoms in total. The zero-order valence-corrected chi connectivity index (χ0v) is 10.3. The van der Waals surface area contributed by atoms with Gasteiger partial charge in [-0.15, -0.1) is 0 Å². The number of ether oxygens (including phenoxy) is 1. The van der Waals surface area contributed by atoms with Crippen LogP contribution in [0.15, 0.2) is 0 Å². The summed E-state index contributed by atoms with van der Waals surface area (Å²) in [5.41, 5.74) is 0. The van der Waals surface area contributed by atoms with E-state index in [-0.39, 0.29) is 11.9 Å². The number of rotatable bonds is 4. The lowest BCUT2D eigenvalue weighted by molar-refractivity contribution is -0.139. The summed E-state index contributed by atoms with van der Waals surface area (Å²) in [7, 11) is 0. The predicted molar refractivity (Wildman–Crippen MR) is 61.8 cm³/mol. The molecule has 6 heteroatoms. The minimum Gasteiger partial charge on any atom is -0.480 e. The van der Waals surface area contributed by atoms with Gasteiger partial charge in [0.25, 0.3) is 0 Å². The number of carboxylic acids is 1. The van der Waals surface area contributed by atoms with Gasteiger partial charge in [-0.25, -0.2) is 9.59 Å². The van der Waals surface area contributed by atoms with Gasteiger partial charge in [-0.1, -0.05) is 13.8 Å². The van der Waals surface area contributed by atoms with E-state index in [1.165, 1.54) is 0 Å². The minimum atomic E-state index is -0.986. The number of hydrogen-bond acceptors (Lipinski definition) is 3. The molecule has 1 aliphatic heterocycles. The maximum atomic E-state index is 11.8. The molecule has 1 aliphatic rings. The highest BCUT2D eigenvalue weighted by atomic mass is 16.5. The Labute approximate surface area is 101 Å². The second kappa shape index (κ2) is 6.44. The molecule has 2 amide bonds. The lowest BCUT2D eigenvalue weighted by Crippen LogP contribution is -2.51. The molecule has 1 heterocycles. The van der Waals surface area contributed by atoms with Crippen molar-refractivity contribution < 1.29 is 19.4 Å². The summed E-state index contributed by atoms with van der Waals surface area (Å²) in [6.07, 6.45) is 0.436. The van der Waals surface area contributed by atoms with Crippen LogP contribution < -0.4 is 5.32 Å². The van der Waals surface area contributed by atoms with E-state index in [1.54, 1.807) is 4.90 Å². The summed E-state index contributed by atoms with van der Waals surface area (Å²) in [5, 5.41) is 11.6. The number of nitrogens with zero attached hydrogens (tertiary/aromatic N) is 1. The summed E-state index contributed by atoms with van der Waals surface area (Å²) in [5.74, 6) is -0.763. The second-order valence-electron chi connectivity index (χ2n) is 4.57. The Kier molecular flexibility index (Phi) is 5.21. The topological polar surface area (TPSA) is 78.9 Å². The van der Waals surface area contributed by atoms with E-state index in [2.05, 4.69) is 5.32 Å². The van der Waals surface area contributed by atoms with Gasteiger partial charge in [0.1, 0.15) is 6.04 Å². The molecule has 0 saturated carbocycles. The Balaban J connectivity index is 2.47. The standard InChI is InChI=1S/C11H20N2O4/c1-8(2)7-9(10(14)15)12-11(16)13-3-5-17-6-4-13/h8-9H,3-7H2,1-2H3,(H,12,16)(H,14,15)/t9-/m1/s1. The molecule has 0 aromatic heterocycles. The molecule has 0 spiro atoms. The number of carboxylic acid groups (broad SMARTS) is 1. The maximum Gasteiger partial charge on any atom is 0.326 e. The Hall–Kier alpha value is -1.30. The fourth-order valence-corrected chi connectivity index (χ4v) is 1.70. The molecule has 98 valence electrons. The van der Waals surface area contributed by atoms with Gasteiger partial charge in [-0.05, 0) is 12.3 Å². The summed E-state index contributed by atoms with van der Waals surface area (Å²) in [4.78, 5) is 24.4. The second-order valence-corrected chi connectivity index (χ2v) is 4.57. The van der Waals surface area contributed by atoms with Crippen LogP contribution in [-0.2, 0) is 9.53 Å². The van der Waals surface area contributed by atoms with E-state index in [9.17, 15) is 9.59 Å². The van der Waals surface area contributed by atoms with Crippen molar-refractivity contribution in [2.75, 3.05) is 26.3 Å². The van der Waals surface area contributed by atoms with E-state index in [4.69, 9.17) is 9.84 Å². The highest BCUT2D eigenvalue weighted by Gasteiger charge is 2.24. The molecule has 1 atom stereocenters. The molecule has 1 fully saturated rings. The predicted octanol–water partition coefficient (Wildman–Crippen LogP) is 0.527. The first-order valence-electron chi connectivity index (χ1n) is 5.86. The smallest absolute Gasteiger partial charge is 0.326 e. The molecular formula is C11H20N2O4. The van der Waals surface area contributed by atoms with Gasteiger partial charge in [-0.2, -0.15) is 0 Å². The van der Waals surface area contributed by atoms with E-state index in [1.807, 2.05) is 13.8 Å². The monoisotopic (exact) mass is 244 g/mol. The molecule has 0 radical (unpaired) electrons. The average molecular weight is 244 g/mol. The van der Waals surface area contributed by atoms with Crippen LogP contribution in [0.1, 0.15) is 20.3 Å². The van der Waals surface area contributed by atoms with Gasteiger partial charge < -0.3 is 20.1 Å². The van der Waals surface area contributed by atoms with Crippen molar-refractivity contribution in [2.24, 2.45) is 5.92 Å². The van der Waals surface area contributed by atoms with Crippen molar-refractivity contribution in [1.29, 1.82) is 0 Å². The Bertz CT molecular complexity index is 275. The van der Waals surface area contributed by atoms with E-state index in [0.29, 0.717) is 32.7 Å². The molecule has 0 aromatic rings. The Morgan fingerprint density at radius 3 is 2.41 bits per heavy atom. The molecule has 1 saturated heterocycles. The number of carbonyl (C=O) groups excluding carboxylic acids is 1. The van der Waals surface area contributed by atoms with Crippen LogP contribution in [-0.4, -0.2) is 54.4 Å². The van der Waals surface area contributed by atoms with Crippen LogP contribution in [0.4, 0.5) is 4.79 Å². The van der Waals surface area contributed by atoms with Crippen molar-refractivity contribution in [3.05, 3.63) is 0 Å². The van der Waals surface area contributed by atoms with E-state index < -0.39 is 12.0 Å². The Morgan fingerprint density at radius 1 is 1.35 bits per heavy atom. The molecule has 17 heavy (non-hydrogen) atoms. The quantitative estimate of drug-likeness (QED) is 0.756. The fourth-order valence-electron chi connectivity index (χ4n) is 1.70. The van der Waals surface area contributed by atoms with Crippen LogP contribution in [0.2, 0.25) is 0 Å². The normalized spacial score (nSPS) is 17.9. The first kappa shape index (κ1) is 13.8. The first-order valence-corrected chi connectivity index (χ1v) is 5.86. The summed E-state index contributed by atoms with van der Waals surface area (Å²) >= 11 is 0. The van der Waals surface area contributed by atoms with Crippen molar-refractivity contribution in [3.8, 4) is 0 Å². The van der Waals surface area contributed by atoms with Gasteiger partial charge in [0.05, 0.1) is 13.2 Å². The van der Waals surface area contributed by atoms with Crippen molar-refractivity contribution in [1.82, 2.24) is 10.2 Å². The number of aliphatic carboxylic acids is 1. The maximum absolute atomic E-state index is 11.8. The van der Waals surface area contributed by atoms with E-state index >= 15 is 0 Å². The van der Waals surface area contributed by atoms with Gasteiger partial charge in [-0.3, -0.25) is 0 Å². The Morgan fingerprint density at radius 2 is 1.94 bits per heavy atom. The summed E-state index contributed by atoms with van der Waals surface area (Å²) in [6.45, 7) is 5.90. The summed E-state index contributed by atoms with van der Waals surface area (Å²) in [6, 6.07) is -1.13. The third kappa shape index (κ3) is 4.60. The average Bonchev–Trinajstić information content (AvgIpc) is 2.28. The SMILES string of the molecule is CC(C)C[C@@H](NC(=O)N1CCOCC1)C(=O)O. The highest BCUT2D eigenvalue weighted by molar-refractivity contribution is 5.82. The molecule has 0 aromatic carbocycles. The van der Waals surface area contributed by atoms with Crippen LogP contribution in [0.5, 0.6) is 0 Å². The highest BCUT2D eigenvalue weighted by Crippen LogP contribution is 2.06. The van der Waals surface area contributed by atoms with Crippen LogP contribution in [0, 0.1) is 5.92 Å².